The highest BCUT2D eigenvalue weighted by Crippen LogP contribution is 2.44. The fourth-order valence-corrected chi connectivity index (χ4v) is 3.27. The number of nitrogens with zero attached hydrogens (tertiary/aromatic N) is 8. The van der Waals surface area contributed by atoms with Gasteiger partial charge < -0.3 is 5.11 Å². The molecule has 1 aromatic carbocycles. The first-order chi connectivity index (χ1) is 12.2. The molecular formula is C16H12N8O. The Morgan fingerprint density at radius 1 is 1.08 bits per heavy atom. The summed E-state index contributed by atoms with van der Waals surface area (Å²) in [4.78, 5) is 4.27. The molecule has 0 aliphatic heterocycles. The SMILES string of the molecule is OC1(c2cn(-c3nnc4c5ccccc5n5cncc5n34)nn2)CC1. The quantitative estimate of drug-likeness (QED) is 0.520. The van der Waals surface area contributed by atoms with E-state index in [1.807, 2.05) is 33.1 Å². The van der Waals surface area contributed by atoms with Crippen molar-refractivity contribution in [2.75, 3.05) is 0 Å². The second kappa shape index (κ2) is 4.19. The highest BCUT2D eigenvalue weighted by molar-refractivity contribution is 5.94. The molecule has 1 N–H and O–H groups in total. The molecule has 5 aromatic rings. The summed E-state index contributed by atoms with van der Waals surface area (Å²) in [5, 5.41) is 28.1. The Bertz CT molecular complexity index is 1280. The Balaban J connectivity index is 1.70. The molecule has 9 nitrogen and oxygen atoms in total. The van der Waals surface area contributed by atoms with Crippen LogP contribution in [0.1, 0.15) is 18.5 Å². The topological polar surface area (TPSA) is 98.4 Å². The maximum Gasteiger partial charge on any atom is 0.259 e. The summed E-state index contributed by atoms with van der Waals surface area (Å²) in [6, 6.07) is 7.97. The van der Waals surface area contributed by atoms with Crippen LogP contribution in [0, 0.1) is 0 Å². The van der Waals surface area contributed by atoms with Gasteiger partial charge in [0.25, 0.3) is 5.95 Å². The van der Waals surface area contributed by atoms with E-state index in [4.69, 9.17) is 0 Å². The van der Waals surface area contributed by atoms with Gasteiger partial charge in [-0.05, 0) is 25.0 Å². The molecule has 6 rings (SSSR count). The van der Waals surface area contributed by atoms with Crippen LogP contribution in [-0.2, 0) is 5.60 Å². The maximum absolute atomic E-state index is 10.2. The van der Waals surface area contributed by atoms with Crippen LogP contribution in [0.3, 0.4) is 0 Å². The molecule has 4 aromatic heterocycles. The lowest BCUT2D eigenvalue weighted by atomic mass is 10.2. The van der Waals surface area contributed by atoms with Crippen LogP contribution >= 0.6 is 0 Å². The van der Waals surface area contributed by atoms with Crippen LogP contribution in [0.15, 0.2) is 43.0 Å². The lowest BCUT2D eigenvalue weighted by molar-refractivity contribution is 0.146. The van der Waals surface area contributed by atoms with Crippen LogP contribution < -0.4 is 0 Å². The predicted octanol–water partition coefficient (Wildman–Crippen LogP) is 1.09. The largest absolute Gasteiger partial charge is 0.383 e. The normalized spacial score (nSPS) is 16.2. The molecule has 0 bridgehead atoms. The van der Waals surface area contributed by atoms with Crippen LogP contribution in [0.25, 0.3) is 28.1 Å². The van der Waals surface area contributed by atoms with E-state index in [2.05, 4.69) is 25.5 Å². The number of benzene rings is 1. The van der Waals surface area contributed by atoms with Gasteiger partial charge in [0.15, 0.2) is 5.65 Å². The monoisotopic (exact) mass is 332 g/mol. The molecule has 1 aliphatic rings. The van der Waals surface area contributed by atoms with Crippen LogP contribution in [0.2, 0.25) is 0 Å². The van der Waals surface area contributed by atoms with Gasteiger partial charge in [-0.2, -0.15) is 4.68 Å². The summed E-state index contributed by atoms with van der Waals surface area (Å²) in [6.45, 7) is 0. The number of fused-ring (bicyclic) bond motifs is 6. The molecular weight excluding hydrogens is 320 g/mol. The van der Waals surface area contributed by atoms with Gasteiger partial charge in [-0.25, -0.2) is 9.38 Å². The van der Waals surface area contributed by atoms with Crippen molar-refractivity contribution in [3.63, 3.8) is 0 Å². The molecule has 1 aliphatic carbocycles. The van der Waals surface area contributed by atoms with E-state index in [0.29, 0.717) is 24.5 Å². The van der Waals surface area contributed by atoms with Gasteiger partial charge in [-0.3, -0.25) is 4.40 Å². The molecule has 4 heterocycles. The number of hydrogen-bond donors (Lipinski definition) is 1. The first-order valence-corrected chi connectivity index (χ1v) is 7.98. The standard InChI is InChI=1S/C16H12N8O/c25-16(5-6-16)12-8-23(21-18-12)15-20-19-14-10-3-1-2-4-11(10)22-9-17-7-13(22)24(14)15/h1-4,7-9,25H,5-6H2. The Morgan fingerprint density at radius 2 is 1.96 bits per heavy atom. The van der Waals surface area contributed by atoms with Crippen molar-refractivity contribution in [1.29, 1.82) is 0 Å². The smallest absolute Gasteiger partial charge is 0.259 e. The average Bonchev–Trinajstić information content (AvgIpc) is 3.12. The van der Waals surface area contributed by atoms with Crippen molar-refractivity contribution in [3.8, 4) is 5.95 Å². The highest BCUT2D eigenvalue weighted by Gasteiger charge is 2.45. The molecule has 0 atom stereocenters. The van der Waals surface area contributed by atoms with E-state index in [0.717, 1.165) is 22.2 Å². The van der Waals surface area contributed by atoms with E-state index in [1.165, 1.54) is 0 Å². The molecule has 0 amide bonds. The summed E-state index contributed by atoms with van der Waals surface area (Å²) < 4.78 is 5.43. The zero-order valence-corrected chi connectivity index (χ0v) is 13.0. The number of imidazole rings is 1. The van der Waals surface area contributed by atoms with E-state index < -0.39 is 5.60 Å². The molecule has 0 spiro atoms. The number of aliphatic hydroxyl groups is 1. The van der Waals surface area contributed by atoms with Crippen molar-refractivity contribution < 1.29 is 5.11 Å². The van der Waals surface area contributed by atoms with Gasteiger partial charge in [0.2, 0.25) is 0 Å². The van der Waals surface area contributed by atoms with Crippen LogP contribution in [0.4, 0.5) is 0 Å². The molecule has 1 saturated carbocycles. The summed E-state index contributed by atoms with van der Waals surface area (Å²) in [5.41, 5.74) is 2.29. The van der Waals surface area contributed by atoms with Gasteiger partial charge in [0.1, 0.15) is 23.3 Å². The third-order valence-electron chi connectivity index (χ3n) is 4.80. The van der Waals surface area contributed by atoms with Crippen LogP contribution in [0.5, 0.6) is 0 Å². The number of rotatable bonds is 2. The number of para-hydroxylation sites is 1. The first kappa shape index (κ1) is 13.0. The molecule has 0 saturated heterocycles. The zero-order chi connectivity index (χ0) is 16.6. The lowest BCUT2D eigenvalue weighted by Crippen LogP contribution is -2.05. The van der Waals surface area contributed by atoms with E-state index in [9.17, 15) is 5.11 Å². The fourth-order valence-electron chi connectivity index (χ4n) is 3.27. The Kier molecular flexibility index (Phi) is 2.18. The van der Waals surface area contributed by atoms with E-state index in [-0.39, 0.29) is 0 Å². The highest BCUT2D eigenvalue weighted by atomic mass is 16.3. The summed E-state index contributed by atoms with van der Waals surface area (Å²) in [5.74, 6) is 0.509. The van der Waals surface area contributed by atoms with Crippen molar-refractivity contribution >= 4 is 22.2 Å². The van der Waals surface area contributed by atoms with Crippen molar-refractivity contribution in [2.24, 2.45) is 0 Å². The minimum Gasteiger partial charge on any atom is -0.383 e. The number of aromatic nitrogens is 8. The van der Waals surface area contributed by atoms with Gasteiger partial charge in [0, 0.05) is 5.39 Å². The molecule has 1 fully saturated rings. The molecule has 0 unspecified atom stereocenters. The molecule has 122 valence electrons. The van der Waals surface area contributed by atoms with Gasteiger partial charge in [0.05, 0.1) is 17.9 Å². The van der Waals surface area contributed by atoms with Crippen LogP contribution in [-0.4, -0.2) is 44.1 Å². The van der Waals surface area contributed by atoms with E-state index >= 15 is 0 Å². The van der Waals surface area contributed by atoms with Crippen molar-refractivity contribution in [1.82, 2.24) is 39.0 Å². The second-order valence-electron chi connectivity index (χ2n) is 6.38. The minimum absolute atomic E-state index is 0.509. The number of hydrogen-bond acceptors (Lipinski definition) is 6. The van der Waals surface area contributed by atoms with Crippen molar-refractivity contribution in [3.05, 3.63) is 48.7 Å². The van der Waals surface area contributed by atoms with Gasteiger partial charge >= 0.3 is 0 Å². The molecule has 25 heavy (non-hydrogen) atoms. The van der Waals surface area contributed by atoms with E-state index in [1.54, 1.807) is 23.4 Å². The summed E-state index contributed by atoms with van der Waals surface area (Å²) in [7, 11) is 0. The lowest BCUT2D eigenvalue weighted by Gasteiger charge is -2.06. The molecule has 0 radical (unpaired) electrons. The zero-order valence-electron chi connectivity index (χ0n) is 13.0. The molecule has 9 heteroatoms. The average molecular weight is 332 g/mol. The van der Waals surface area contributed by atoms with Crippen molar-refractivity contribution in [2.45, 2.75) is 18.4 Å². The minimum atomic E-state index is -0.836. The fraction of sp³-hybridized carbons (Fsp3) is 0.188. The third kappa shape index (κ3) is 1.62. The first-order valence-electron chi connectivity index (χ1n) is 7.98. The summed E-state index contributed by atoms with van der Waals surface area (Å²) in [6.07, 6.45) is 6.66. The van der Waals surface area contributed by atoms with Gasteiger partial charge in [-0.1, -0.05) is 17.3 Å². The maximum atomic E-state index is 10.2. The Morgan fingerprint density at radius 3 is 2.84 bits per heavy atom. The summed E-state index contributed by atoms with van der Waals surface area (Å²) >= 11 is 0. The Labute approximate surface area is 140 Å². The Hall–Kier alpha value is -3.33. The second-order valence-corrected chi connectivity index (χ2v) is 6.38. The van der Waals surface area contributed by atoms with Gasteiger partial charge in [-0.15, -0.1) is 15.3 Å². The predicted molar refractivity (Wildman–Crippen MR) is 87.3 cm³/mol. The third-order valence-corrected chi connectivity index (χ3v) is 4.80.